The lowest BCUT2D eigenvalue weighted by atomic mass is 10.2. The lowest BCUT2D eigenvalue weighted by Gasteiger charge is -2.09. The van der Waals surface area contributed by atoms with Gasteiger partial charge in [0, 0.05) is 18.8 Å². The van der Waals surface area contributed by atoms with Gasteiger partial charge in [-0.2, -0.15) is 0 Å². The standard InChI is InChI=1S/C20H17FN2O3/c21-17-8-1-2-9-18(17)25-14-19(24)23-13-15-6-5-7-16(12-15)26-20-10-3-4-11-22-20/h1-12H,13-14H2,(H,23,24). The first-order valence-electron chi connectivity index (χ1n) is 8.02. The molecule has 1 heterocycles. The van der Waals surface area contributed by atoms with Crippen molar-refractivity contribution < 1.29 is 18.7 Å². The Labute approximate surface area is 150 Å². The van der Waals surface area contributed by atoms with Crippen LogP contribution >= 0.6 is 0 Å². The summed E-state index contributed by atoms with van der Waals surface area (Å²) in [6, 6.07) is 18.7. The van der Waals surface area contributed by atoms with Gasteiger partial charge in [0.2, 0.25) is 5.88 Å². The minimum Gasteiger partial charge on any atom is -0.481 e. The summed E-state index contributed by atoms with van der Waals surface area (Å²) in [5.74, 6) is 0.322. The van der Waals surface area contributed by atoms with Crippen molar-refractivity contribution in [3.05, 3.63) is 84.3 Å². The Bertz CT molecular complexity index is 872. The summed E-state index contributed by atoms with van der Waals surface area (Å²) in [7, 11) is 0. The monoisotopic (exact) mass is 352 g/mol. The molecule has 1 N–H and O–H groups in total. The summed E-state index contributed by atoms with van der Waals surface area (Å²) in [6.07, 6.45) is 1.65. The minimum atomic E-state index is -0.500. The zero-order valence-corrected chi connectivity index (χ0v) is 13.9. The van der Waals surface area contributed by atoms with E-state index in [1.165, 1.54) is 12.1 Å². The van der Waals surface area contributed by atoms with Crippen molar-refractivity contribution in [1.82, 2.24) is 10.3 Å². The van der Waals surface area contributed by atoms with Crippen molar-refractivity contribution in [3.8, 4) is 17.4 Å². The maximum Gasteiger partial charge on any atom is 0.258 e. The second-order valence-electron chi connectivity index (χ2n) is 5.41. The highest BCUT2D eigenvalue weighted by atomic mass is 19.1. The van der Waals surface area contributed by atoms with Crippen LogP contribution in [0.15, 0.2) is 72.9 Å². The van der Waals surface area contributed by atoms with Gasteiger partial charge in [0.05, 0.1) is 0 Å². The highest BCUT2D eigenvalue weighted by molar-refractivity contribution is 5.77. The SMILES string of the molecule is O=C(COc1ccccc1F)NCc1cccc(Oc2ccccn2)c1. The number of carbonyl (C=O) groups excluding carboxylic acids is 1. The molecule has 3 aromatic rings. The Morgan fingerprint density at radius 2 is 1.88 bits per heavy atom. The number of nitrogens with zero attached hydrogens (tertiary/aromatic N) is 1. The first kappa shape index (κ1) is 17.4. The molecule has 0 radical (unpaired) electrons. The molecule has 0 aliphatic rings. The average Bonchev–Trinajstić information content (AvgIpc) is 2.67. The van der Waals surface area contributed by atoms with Crippen LogP contribution in [-0.4, -0.2) is 17.5 Å². The van der Waals surface area contributed by atoms with E-state index in [2.05, 4.69) is 10.3 Å². The molecule has 0 atom stereocenters. The van der Waals surface area contributed by atoms with Crippen LogP contribution in [0.5, 0.6) is 17.4 Å². The van der Waals surface area contributed by atoms with Gasteiger partial charge in [0.1, 0.15) is 5.75 Å². The number of para-hydroxylation sites is 1. The zero-order chi connectivity index (χ0) is 18.2. The number of halogens is 1. The molecule has 0 bridgehead atoms. The average molecular weight is 352 g/mol. The van der Waals surface area contributed by atoms with Gasteiger partial charge in [0.15, 0.2) is 18.2 Å². The van der Waals surface area contributed by atoms with E-state index in [9.17, 15) is 9.18 Å². The van der Waals surface area contributed by atoms with Gasteiger partial charge in [-0.25, -0.2) is 9.37 Å². The van der Waals surface area contributed by atoms with Crippen molar-refractivity contribution in [2.75, 3.05) is 6.61 Å². The van der Waals surface area contributed by atoms with Gasteiger partial charge in [-0.3, -0.25) is 4.79 Å². The van der Waals surface area contributed by atoms with Crippen LogP contribution in [-0.2, 0) is 11.3 Å². The second kappa shape index (κ2) is 8.62. The third-order valence-corrected chi connectivity index (χ3v) is 3.44. The molecule has 0 aliphatic carbocycles. The Balaban J connectivity index is 1.50. The quantitative estimate of drug-likeness (QED) is 0.704. The maximum atomic E-state index is 13.4. The molecule has 0 saturated heterocycles. The van der Waals surface area contributed by atoms with Gasteiger partial charge in [-0.1, -0.05) is 30.3 Å². The largest absolute Gasteiger partial charge is 0.481 e. The highest BCUT2D eigenvalue weighted by Crippen LogP contribution is 2.20. The Kier molecular flexibility index (Phi) is 5.77. The second-order valence-corrected chi connectivity index (χ2v) is 5.41. The Morgan fingerprint density at radius 3 is 2.69 bits per heavy atom. The third-order valence-electron chi connectivity index (χ3n) is 3.44. The van der Waals surface area contributed by atoms with Gasteiger partial charge >= 0.3 is 0 Å². The predicted molar refractivity (Wildman–Crippen MR) is 94.5 cm³/mol. The summed E-state index contributed by atoms with van der Waals surface area (Å²) in [6.45, 7) is 0.0456. The number of carbonyl (C=O) groups is 1. The number of ether oxygens (including phenoxy) is 2. The van der Waals surface area contributed by atoms with E-state index in [0.29, 0.717) is 18.2 Å². The predicted octanol–water partition coefficient (Wildman–Crippen LogP) is 3.71. The molecule has 132 valence electrons. The molecule has 0 unspecified atom stereocenters. The van der Waals surface area contributed by atoms with E-state index < -0.39 is 5.82 Å². The molecule has 2 aromatic carbocycles. The van der Waals surface area contributed by atoms with Crippen LogP contribution < -0.4 is 14.8 Å². The van der Waals surface area contributed by atoms with E-state index in [0.717, 1.165) is 5.56 Å². The van der Waals surface area contributed by atoms with E-state index in [4.69, 9.17) is 9.47 Å². The van der Waals surface area contributed by atoms with Gasteiger partial charge in [-0.15, -0.1) is 0 Å². The van der Waals surface area contributed by atoms with Crippen LogP contribution in [0.2, 0.25) is 0 Å². The van der Waals surface area contributed by atoms with Crippen LogP contribution in [0.4, 0.5) is 4.39 Å². The summed E-state index contributed by atoms with van der Waals surface area (Å²) in [4.78, 5) is 16.0. The lowest BCUT2D eigenvalue weighted by molar-refractivity contribution is -0.123. The Morgan fingerprint density at radius 1 is 1.04 bits per heavy atom. The Hall–Kier alpha value is -3.41. The number of hydrogen-bond donors (Lipinski definition) is 1. The van der Waals surface area contributed by atoms with E-state index >= 15 is 0 Å². The number of amides is 1. The maximum absolute atomic E-state index is 13.4. The van der Waals surface area contributed by atoms with Crippen LogP contribution in [0, 0.1) is 5.82 Å². The molecule has 6 heteroatoms. The molecular weight excluding hydrogens is 335 g/mol. The van der Waals surface area contributed by atoms with E-state index in [1.807, 2.05) is 30.3 Å². The third kappa shape index (κ3) is 5.04. The van der Waals surface area contributed by atoms with Crippen molar-refractivity contribution in [2.24, 2.45) is 0 Å². The zero-order valence-electron chi connectivity index (χ0n) is 13.9. The first-order valence-corrected chi connectivity index (χ1v) is 8.02. The fourth-order valence-electron chi connectivity index (χ4n) is 2.20. The van der Waals surface area contributed by atoms with Crippen LogP contribution in [0.3, 0.4) is 0 Å². The van der Waals surface area contributed by atoms with Crippen LogP contribution in [0.1, 0.15) is 5.56 Å². The molecule has 3 rings (SSSR count). The molecule has 0 spiro atoms. The molecule has 26 heavy (non-hydrogen) atoms. The fraction of sp³-hybridized carbons (Fsp3) is 0.100. The summed E-state index contributed by atoms with van der Waals surface area (Å²) in [5.41, 5.74) is 0.859. The summed E-state index contributed by atoms with van der Waals surface area (Å²) >= 11 is 0. The number of pyridine rings is 1. The number of rotatable bonds is 7. The van der Waals surface area contributed by atoms with Crippen molar-refractivity contribution in [1.29, 1.82) is 0 Å². The first-order chi connectivity index (χ1) is 12.7. The van der Waals surface area contributed by atoms with Crippen LogP contribution in [0.25, 0.3) is 0 Å². The minimum absolute atomic E-state index is 0.0495. The summed E-state index contributed by atoms with van der Waals surface area (Å²) < 4.78 is 24.3. The topological polar surface area (TPSA) is 60.5 Å². The number of aromatic nitrogens is 1. The smallest absolute Gasteiger partial charge is 0.258 e. The van der Waals surface area contributed by atoms with Gasteiger partial charge < -0.3 is 14.8 Å². The molecule has 1 amide bonds. The van der Waals surface area contributed by atoms with Crippen molar-refractivity contribution >= 4 is 5.91 Å². The van der Waals surface area contributed by atoms with Crippen molar-refractivity contribution in [3.63, 3.8) is 0 Å². The van der Waals surface area contributed by atoms with Crippen molar-refractivity contribution in [2.45, 2.75) is 6.54 Å². The summed E-state index contributed by atoms with van der Waals surface area (Å²) in [5, 5.41) is 2.72. The lowest BCUT2D eigenvalue weighted by Crippen LogP contribution is -2.28. The fourth-order valence-corrected chi connectivity index (χ4v) is 2.20. The number of hydrogen-bond acceptors (Lipinski definition) is 4. The van der Waals surface area contributed by atoms with Gasteiger partial charge in [0.25, 0.3) is 5.91 Å². The molecule has 0 saturated carbocycles. The normalized spacial score (nSPS) is 10.2. The molecule has 5 nitrogen and oxygen atoms in total. The van der Waals surface area contributed by atoms with Gasteiger partial charge in [-0.05, 0) is 35.9 Å². The number of nitrogens with one attached hydrogen (secondary N) is 1. The molecular formula is C20H17FN2O3. The van der Waals surface area contributed by atoms with E-state index in [-0.39, 0.29) is 18.3 Å². The highest BCUT2D eigenvalue weighted by Gasteiger charge is 2.07. The van der Waals surface area contributed by atoms with E-state index in [1.54, 1.807) is 30.5 Å². The molecule has 0 aliphatic heterocycles. The molecule has 0 fully saturated rings. The number of benzene rings is 2. The molecule has 1 aromatic heterocycles.